The number of hydrogen-bond donors (Lipinski definition) is 3. The molecule has 2 rings (SSSR count). The normalized spacial score (nSPS) is 10.8. The van der Waals surface area contributed by atoms with Crippen LogP contribution in [0, 0.1) is 0 Å². The number of nitrogen functional groups attached to an aromatic ring is 1. The van der Waals surface area contributed by atoms with Crippen LogP contribution in [0.15, 0.2) is 11.1 Å². The van der Waals surface area contributed by atoms with Gasteiger partial charge < -0.3 is 5.73 Å². The third-order valence-corrected chi connectivity index (χ3v) is 1.90. The number of nitrogens with zero attached hydrogens (tertiary/aromatic N) is 2. The largest absolute Gasteiger partial charge is 0.355 e. The summed E-state index contributed by atoms with van der Waals surface area (Å²) in [5.74, 6) is 0.138. The van der Waals surface area contributed by atoms with Gasteiger partial charge in [0, 0.05) is 0 Å². The topological polar surface area (TPSA) is 91.4 Å². The number of anilines is 1. The van der Waals surface area contributed by atoms with Crippen molar-refractivity contribution in [2.45, 2.75) is 13.5 Å². The van der Waals surface area contributed by atoms with Crippen LogP contribution in [0.1, 0.15) is 6.92 Å². The highest BCUT2D eigenvalue weighted by atomic mass is 16.1. The number of rotatable bonds is 1. The Labute approximate surface area is 73.4 Å². The van der Waals surface area contributed by atoms with Crippen molar-refractivity contribution >= 4 is 17.1 Å². The first-order chi connectivity index (χ1) is 6.22. The van der Waals surface area contributed by atoms with Gasteiger partial charge in [-0.2, -0.15) is 0 Å². The van der Waals surface area contributed by atoms with Crippen LogP contribution in [0.5, 0.6) is 0 Å². The van der Waals surface area contributed by atoms with Crippen LogP contribution in [0.3, 0.4) is 0 Å². The second-order valence-corrected chi connectivity index (χ2v) is 2.71. The lowest BCUT2D eigenvalue weighted by Gasteiger charge is -1.89. The van der Waals surface area contributed by atoms with Gasteiger partial charge in [-0.15, -0.1) is 0 Å². The molecular formula is C7H10N5O+. The van der Waals surface area contributed by atoms with Gasteiger partial charge in [-0.3, -0.25) is 14.8 Å². The summed E-state index contributed by atoms with van der Waals surface area (Å²) in [5.41, 5.74) is 6.21. The van der Waals surface area contributed by atoms with Gasteiger partial charge in [0.1, 0.15) is 0 Å². The average molecular weight is 180 g/mol. The van der Waals surface area contributed by atoms with Gasteiger partial charge in [0.05, 0.1) is 6.54 Å². The summed E-state index contributed by atoms with van der Waals surface area (Å²) in [4.78, 5) is 20.6. The standard InChI is InChI=1S/C7H9N5O/c1-2-12-3-9-4-5(12)10-7(8)11-6(4)13/h3H,2H2,1H3,(H3,8,10,11,13)/p+1. The number of imidazole rings is 1. The zero-order chi connectivity index (χ0) is 9.42. The molecule has 0 aliphatic heterocycles. The maximum Gasteiger partial charge on any atom is 0.311 e. The van der Waals surface area contributed by atoms with E-state index in [2.05, 4.69) is 15.0 Å². The Hall–Kier alpha value is -1.85. The molecule has 0 aromatic carbocycles. The minimum Gasteiger partial charge on any atom is -0.355 e. The predicted molar refractivity (Wildman–Crippen MR) is 47.0 cm³/mol. The Morgan fingerprint density at radius 1 is 1.69 bits per heavy atom. The third-order valence-electron chi connectivity index (χ3n) is 1.90. The second kappa shape index (κ2) is 2.58. The Kier molecular flexibility index (Phi) is 1.54. The first kappa shape index (κ1) is 7.78. The molecule has 0 fully saturated rings. The van der Waals surface area contributed by atoms with Crippen molar-refractivity contribution in [1.82, 2.24) is 15.0 Å². The summed E-state index contributed by atoms with van der Waals surface area (Å²) in [6.07, 6.45) is 1.70. The van der Waals surface area contributed by atoms with E-state index in [0.717, 1.165) is 6.54 Å². The van der Waals surface area contributed by atoms with E-state index < -0.39 is 0 Å². The summed E-state index contributed by atoms with van der Waals surface area (Å²) in [6, 6.07) is 0. The van der Waals surface area contributed by atoms with Gasteiger partial charge in [-0.05, 0) is 6.92 Å². The number of fused-ring (bicyclic) bond motifs is 1. The van der Waals surface area contributed by atoms with Crippen LogP contribution < -0.4 is 15.9 Å². The van der Waals surface area contributed by atoms with Crippen molar-refractivity contribution < 1.29 is 4.57 Å². The minimum absolute atomic E-state index is 0.138. The molecule has 0 spiro atoms. The van der Waals surface area contributed by atoms with Crippen molar-refractivity contribution in [3.8, 4) is 0 Å². The molecule has 0 aliphatic rings. The van der Waals surface area contributed by atoms with Crippen molar-refractivity contribution in [3.63, 3.8) is 0 Å². The highest BCUT2D eigenvalue weighted by Gasteiger charge is 2.14. The molecular weight excluding hydrogens is 170 g/mol. The average Bonchev–Trinajstić information content (AvgIpc) is 2.47. The van der Waals surface area contributed by atoms with E-state index >= 15 is 0 Å². The summed E-state index contributed by atoms with van der Waals surface area (Å²) in [5, 5.41) is 0. The minimum atomic E-state index is -0.241. The maximum absolute atomic E-state index is 11.3. The van der Waals surface area contributed by atoms with E-state index in [0.29, 0.717) is 11.2 Å². The van der Waals surface area contributed by atoms with E-state index in [-0.39, 0.29) is 11.5 Å². The van der Waals surface area contributed by atoms with Gasteiger partial charge in [0.15, 0.2) is 6.33 Å². The second-order valence-electron chi connectivity index (χ2n) is 2.71. The first-order valence-electron chi connectivity index (χ1n) is 3.98. The van der Waals surface area contributed by atoms with Gasteiger partial charge >= 0.3 is 5.65 Å². The molecule has 13 heavy (non-hydrogen) atoms. The number of hydrogen-bond acceptors (Lipinski definition) is 3. The molecule has 2 heterocycles. The van der Waals surface area contributed by atoms with E-state index in [1.54, 1.807) is 6.33 Å². The Bertz CT molecular complexity index is 497. The van der Waals surface area contributed by atoms with Crippen molar-refractivity contribution in [1.29, 1.82) is 0 Å². The van der Waals surface area contributed by atoms with Crippen LogP contribution in [-0.2, 0) is 6.54 Å². The molecule has 0 amide bonds. The lowest BCUT2D eigenvalue weighted by atomic mass is 10.5. The maximum atomic E-state index is 11.3. The van der Waals surface area contributed by atoms with Crippen LogP contribution in [0.4, 0.5) is 5.95 Å². The Morgan fingerprint density at radius 3 is 3.15 bits per heavy atom. The fraction of sp³-hybridized carbons (Fsp3) is 0.286. The first-order valence-corrected chi connectivity index (χ1v) is 3.98. The molecule has 2 aromatic rings. The third kappa shape index (κ3) is 1.07. The fourth-order valence-electron chi connectivity index (χ4n) is 1.26. The number of nitrogens with two attached hydrogens (primary N) is 1. The SMILES string of the molecule is CC[n+]1c[nH]c2c(=O)[nH]c(N)nc21. The Morgan fingerprint density at radius 2 is 2.46 bits per heavy atom. The van der Waals surface area contributed by atoms with E-state index in [1.165, 1.54) is 0 Å². The van der Waals surface area contributed by atoms with Gasteiger partial charge in [-0.1, -0.05) is 4.98 Å². The molecule has 0 bridgehead atoms. The number of H-pyrrole nitrogens is 2. The summed E-state index contributed by atoms with van der Waals surface area (Å²) < 4.78 is 1.82. The highest BCUT2D eigenvalue weighted by molar-refractivity contribution is 5.65. The van der Waals surface area contributed by atoms with E-state index in [9.17, 15) is 4.79 Å². The van der Waals surface area contributed by atoms with Crippen molar-refractivity contribution in [2.75, 3.05) is 5.73 Å². The monoisotopic (exact) mass is 180 g/mol. The summed E-state index contributed by atoms with van der Waals surface area (Å²) in [6.45, 7) is 2.71. The number of aryl methyl sites for hydroxylation is 1. The molecule has 0 atom stereocenters. The van der Waals surface area contributed by atoms with E-state index in [4.69, 9.17) is 5.73 Å². The lowest BCUT2D eigenvalue weighted by Crippen LogP contribution is -2.31. The van der Waals surface area contributed by atoms with Crippen LogP contribution in [0.2, 0.25) is 0 Å². The molecule has 4 N–H and O–H groups in total. The zero-order valence-corrected chi connectivity index (χ0v) is 7.16. The highest BCUT2D eigenvalue weighted by Crippen LogP contribution is 1.97. The van der Waals surface area contributed by atoms with Gasteiger partial charge in [0.2, 0.25) is 5.52 Å². The molecule has 2 aromatic heterocycles. The molecule has 0 saturated carbocycles. The van der Waals surface area contributed by atoms with Crippen LogP contribution in [-0.4, -0.2) is 15.0 Å². The predicted octanol–water partition coefficient (Wildman–Crippen LogP) is -0.859. The molecule has 0 radical (unpaired) electrons. The molecule has 68 valence electrons. The van der Waals surface area contributed by atoms with Crippen LogP contribution in [0.25, 0.3) is 11.2 Å². The number of aromatic nitrogens is 4. The summed E-state index contributed by atoms with van der Waals surface area (Å²) >= 11 is 0. The van der Waals surface area contributed by atoms with Crippen LogP contribution >= 0.6 is 0 Å². The summed E-state index contributed by atoms with van der Waals surface area (Å²) in [7, 11) is 0. The molecule has 0 saturated heterocycles. The fourth-order valence-corrected chi connectivity index (χ4v) is 1.26. The quantitative estimate of drug-likeness (QED) is 0.499. The molecule has 6 heteroatoms. The molecule has 6 nitrogen and oxygen atoms in total. The van der Waals surface area contributed by atoms with E-state index in [1.807, 2.05) is 11.5 Å². The Balaban J connectivity index is 2.90. The van der Waals surface area contributed by atoms with Gasteiger partial charge in [0.25, 0.3) is 11.5 Å². The van der Waals surface area contributed by atoms with Gasteiger partial charge in [-0.25, -0.2) is 4.57 Å². The molecule has 0 aliphatic carbocycles. The zero-order valence-electron chi connectivity index (χ0n) is 7.16. The molecule has 0 unspecified atom stereocenters. The number of aromatic amines is 2. The van der Waals surface area contributed by atoms with Crippen molar-refractivity contribution in [2.24, 2.45) is 0 Å². The lowest BCUT2D eigenvalue weighted by molar-refractivity contribution is -0.669. The number of nitrogens with one attached hydrogen (secondary N) is 2. The van der Waals surface area contributed by atoms with Crippen molar-refractivity contribution in [3.05, 3.63) is 16.7 Å². The smallest absolute Gasteiger partial charge is 0.311 e.